The van der Waals surface area contributed by atoms with E-state index in [4.69, 9.17) is 16.3 Å². The first kappa shape index (κ1) is 17.8. The smallest absolute Gasteiger partial charge is 0.258 e. The van der Waals surface area contributed by atoms with Crippen LogP contribution in [-0.2, 0) is 16.0 Å². The van der Waals surface area contributed by atoms with Crippen molar-refractivity contribution in [2.45, 2.75) is 13.3 Å². The first-order valence-electron chi connectivity index (χ1n) is 7.61. The van der Waals surface area contributed by atoms with Crippen LogP contribution >= 0.6 is 11.6 Å². The number of anilines is 1. The highest BCUT2D eigenvalue weighted by atomic mass is 35.5. The van der Waals surface area contributed by atoms with E-state index in [-0.39, 0.29) is 25.0 Å². The quantitative estimate of drug-likeness (QED) is 0.809. The molecule has 0 fully saturated rings. The molecule has 24 heavy (non-hydrogen) atoms. The van der Waals surface area contributed by atoms with Gasteiger partial charge in [-0.2, -0.15) is 0 Å². The zero-order chi connectivity index (χ0) is 17.4. The van der Waals surface area contributed by atoms with E-state index in [1.54, 1.807) is 24.3 Å². The molecule has 2 N–H and O–H groups in total. The third kappa shape index (κ3) is 5.59. The summed E-state index contributed by atoms with van der Waals surface area (Å²) in [5.74, 6) is -0.115. The SMILES string of the molecule is CCc1ccccc1NC(=O)CNC(=O)COc1ccc(Cl)cc1. The number of halogens is 1. The second-order valence-electron chi connectivity index (χ2n) is 5.08. The van der Waals surface area contributed by atoms with Crippen molar-refractivity contribution < 1.29 is 14.3 Å². The summed E-state index contributed by atoms with van der Waals surface area (Å²) in [6, 6.07) is 14.3. The Morgan fingerprint density at radius 3 is 2.46 bits per heavy atom. The topological polar surface area (TPSA) is 67.4 Å². The third-order valence-electron chi connectivity index (χ3n) is 3.30. The molecule has 0 heterocycles. The molecular formula is C18H19ClN2O3. The minimum Gasteiger partial charge on any atom is -0.484 e. The number of para-hydroxylation sites is 1. The summed E-state index contributed by atoms with van der Waals surface area (Å²) < 4.78 is 5.31. The molecule has 0 aliphatic carbocycles. The van der Waals surface area contributed by atoms with Gasteiger partial charge >= 0.3 is 0 Å². The van der Waals surface area contributed by atoms with Crippen LogP contribution in [0.3, 0.4) is 0 Å². The van der Waals surface area contributed by atoms with Crippen molar-refractivity contribution >= 4 is 29.1 Å². The maximum atomic E-state index is 11.9. The second-order valence-corrected chi connectivity index (χ2v) is 5.51. The summed E-state index contributed by atoms with van der Waals surface area (Å²) in [7, 11) is 0. The molecule has 5 nitrogen and oxygen atoms in total. The number of aryl methyl sites for hydroxylation is 1. The number of carbonyl (C=O) groups is 2. The van der Waals surface area contributed by atoms with Gasteiger partial charge in [-0.15, -0.1) is 0 Å². The Morgan fingerprint density at radius 1 is 1.04 bits per heavy atom. The highest BCUT2D eigenvalue weighted by molar-refractivity contribution is 6.30. The van der Waals surface area contributed by atoms with Gasteiger partial charge in [-0.25, -0.2) is 0 Å². The number of nitrogens with one attached hydrogen (secondary N) is 2. The van der Waals surface area contributed by atoms with Crippen molar-refractivity contribution in [3.63, 3.8) is 0 Å². The summed E-state index contributed by atoms with van der Waals surface area (Å²) in [5, 5.41) is 5.90. The number of rotatable bonds is 7. The van der Waals surface area contributed by atoms with Gasteiger partial charge in [0.05, 0.1) is 6.54 Å². The Labute approximate surface area is 146 Å². The van der Waals surface area contributed by atoms with E-state index < -0.39 is 0 Å². The molecule has 0 saturated carbocycles. The molecule has 0 aromatic heterocycles. The van der Waals surface area contributed by atoms with Gasteiger partial charge < -0.3 is 15.4 Å². The van der Waals surface area contributed by atoms with Crippen LogP contribution in [0.1, 0.15) is 12.5 Å². The molecule has 0 radical (unpaired) electrons. The van der Waals surface area contributed by atoms with Crippen LogP contribution in [0, 0.1) is 0 Å². The molecule has 0 atom stereocenters. The fraction of sp³-hybridized carbons (Fsp3) is 0.222. The van der Waals surface area contributed by atoms with Gasteiger partial charge in [-0.1, -0.05) is 36.7 Å². The molecule has 2 aromatic carbocycles. The molecule has 0 aliphatic heterocycles. The number of amides is 2. The maximum absolute atomic E-state index is 11.9. The summed E-state index contributed by atoms with van der Waals surface area (Å²) in [6.45, 7) is 1.74. The summed E-state index contributed by atoms with van der Waals surface area (Å²) in [4.78, 5) is 23.6. The highest BCUT2D eigenvalue weighted by Gasteiger charge is 2.08. The molecule has 6 heteroatoms. The largest absolute Gasteiger partial charge is 0.484 e. The van der Waals surface area contributed by atoms with E-state index in [1.165, 1.54) is 0 Å². The average molecular weight is 347 g/mol. The first-order valence-corrected chi connectivity index (χ1v) is 7.99. The lowest BCUT2D eigenvalue weighted by atomic mass is 10.1. The second kappa shape index (κ2) is 8.93. The molecule has 0 unspecified atom stereocenters. The Kier molecular flexibility index (Phi) is 6.63. The van der Waals surface area contributed by atoms with Crippen LogP contribution in [0.15, 0.2) is 48.5 Å². The number of ether oxygens (including phenoxy) is 1. The highest BCUT2D eigenvalue weighted by Crippen LogP contribution is 2.16. The monoisotopic (exact) mass is 346 g/mol. The minimum absolute atomic E-state index is 0.110. The van der Waals surface area contributed by atoms with Crippen molar-refractivity contribution in [3.8, 4) is 5.75 Å². The number of carbonyl (C=O) groups excluding carboxylic acids is 2. The predicted molar refractivity (Wildman–Crippen MR) is 94.4 cm³/mol. The molecule has 0 aliphatic rings. The molecule has 2 rings (SSSR count). The molecule has 0 spiro atoms. The van der Waals surface area contributed by atoms with Gasteiger partial charge in [-0.05, 0) is 42.3 Å². The van der Waals surface area contributed by atoms with Crippen molar-refractivity contribution in [2.75, 3.05) is 18.5 Å². The van der Waals surface area contributed by atoms with E-state index in [0.29, 0.717) is 10.8 Å². The lowest BCUT2D eigenvalue weighted by Crippen LogP contribution is -2.35. The van der Waals surface area contributed by atoms with Crippen LogP contribution in [-0.4, -0.2) is 25.0 Å². The molecular weight excluding hydrogens is 328 g/mol. The third-order valence-corrected chi connectivity index (χ3v) is 3.55. The lowest BCUT2D eigenvalue weighted by Gasteiger charge is -2.10. The van der Waals surface area contributed by atoms with Crippen molar-refractivity contribution in [1.29, 1.82) is 0 Å². The molecule has 0 saturated heterocycles. The van der Waals surface area contributed by atoms with Gasteiger partial charge in [-0.3, -0.25) is 9.59 Å². The Hall–Kier alpha value is -2.53. The van der Waals surface area contributed by atoms with Crippen LogP contribution in [0.2, 0.25) is 5.02 Å². The molecule has 126 valence electrons. The van der Waals surface area contributed by atoms with E-state index in [0.717, 1.165) is 17.7 Å². The summed E-state index contributed by atoms with van der Waals surface area (Å²) >= 11 is 5.77. The number of hydrogen-bond acceptors (Lipinski definition) is 3. The van der Waals surface area contributed by atoms with Crippen LogP contribution < -0.4 is 15.4 Å². The van der Waals surface area contributed by atoms with Crippen molar-refractivity contribution in [3.05, 3.63) is 59.1 Å². The minimum atomic E-state index is -0.371. The number of hydrogen-bond donors (Lipinski definition) is 2. The standard InChI is InChI=1S/C18H19ClN2O3/c1-2-13-5-3-4-6-16(13)21-17(22)11-20-18(23)12-24-15-9-7-14(19)8-10-15/h3-10H,2,11-12H2,1H3,(H,20,23)(H,21,22). The molecule has 2 amide bonds. The van der Waals surface area contributed by atoms with Crippen LogP contribution in [0.5, 0.6) is 5.75 Å². The van der Waals surface area contributed by atoms with E-state index in [9.17, 15) is 9.59 Å². The Morgan fingerprint density at radius 2 is 1.75 bits per heavy atom. The van der Waals surface area contributed by atoms with E-state index in [1.807, 2.05) is 31.2 Å². The fourth-order valence-electron chi connectivity index (χ4n) is 2.05. The zero-order valence-electron chi connectivity index (χ0n) is 13.3. The van der Waals surface area contributed by atoms with Gasteiger partial charge in [0.25, 0.3) is 5.91 Å². The lowest BCUT2D eigenvalue weighted by molar-refractivity contribution is -0.125. The van der Waals surface area contributed by atoms with Crippen molar-refractivity contribution in [2.24, 2.45) is 0 Å². The van der Waals surface area contributed by atoms with Crippen LogP contribution in [0.25, 0.3) is 0 Å². The van der Waals surface area contributed by atoms with Gasteiger partial charge in [0.15, 0.2) is 6.61 Å². The van der Waals surface area contributed by atoms with E-state index >= 15 is 0 Å². The molecule has 2 aromatic rings. The maximum Gasteiger partial charge on any atom is 0.258 e. The number of benzene rings is 2. The molecule has 0 bridgehead atoms. The van der Waals surface area contributed by atoms with Gasteiger partial charge in [0.1, 0.15) is 5.75 Å². The summed E-state index contributed by atoms with van der Waals surface area (Å²) in [6.07, 6.45) is 0.817. The first-order chi connectivity index (χ1) is 11.6. The fourth-order valence-corrected chi connectivity index (χ4v) is 2.18. The normalized spacial score (nSPS) is 10.1. The van der Waals surface area contributed by atoms with E-state index in [2.05, 4.69) is 10.6 Å². The average Bonchev–Trinajstić information content (AvgIpc) is 2.60. The Balaban J connectivity index is 1.74. The predicted octanol–water partition coefficient (Wildman–Crippen LogP) is 3.04. The van der Waals surface area contributed by atoms with Gasteiger partial charge in [0.2, 0.25) is 5.91 Å². The Bertz CT molecular complexity index is 702. The van der Waals surface area contributed by atoms with Gasteiger partial charge in [0, 0.05) is 10.7 Å². The zero-order valence-corrected chi connectivity index (χ0v) is 14.1. The summed E-state index contributed by atoms with van der Waals surface area (Å²) in [5.41, 5.74) is 1.81. The van der Waals surface area contributed by atoms with Crippen LogP contribution in [0.4, 0.5) is 5.69 Å². The van der Waals surface area contributed by atoms with Crippen molar-refractivity contribution in [1.82, 2.24) is 5.32 Å².